The van der Waals surface area contributed by atoms with Gasteiger partial charge in [-0.3, -0.25) is 9.69 Å². The molecule has 0 heterocycles. The molecular formula is C14H23NO2. The zero-order valence-corrected chi connectivity index (χ0v) is 11.4. The number of hydrogen-bond donors (Lipinski definition) is 1. The number of carbonyl (C=O) groups excluding carboxylic acids is 1. The van der Waals surface area contributed by atoms with Crippen LogP contribution in [0.3, 0.4) is 0 Å². The Hall–Kier alpha value is -0.670. The number of allylic oxidation sites excluding steroid dienone is 1. The molecule has 0 spiro atoms. The summed E-state index contributed by atoms with van der Waals surface area (Å²) in [4.78, 5) is 14.3. The molecule has 3 heteroatoms. The predicted molar refractivity (Wildman–Crippen MR) is 67.7 cm³/mol. The molecule has 0 radical (unpaired) electrons. The molecule has 3 nitrogen and oxygen atoms in total. The Balaban J connectivity index is 2.55. The van der Waals surface area contributed by atoms with Gasteiger partial charge >= 0.3 is 0 Å². The molecule has 0 saturated heterocycles. The van der Waals surface area contributed by atoms with Crippen LogP contribution in [0.5, 0.6) is 0 Å². The maximum Gasteiger partial charge on any atom is 0.163 e. The van der Waals surface area contributed by atoms with E-state index in [9.17, 15) is 9.90 Å². The molecule has 3 atom stereocenters. The van der Waals surface area contributed by atoms with Crippen molar-refractivity contribution in [2.24, 2.45) is 11.3 Å². The molecule has 0 amide bonds. The van der Waals surface area contributed by atoms with Crippen LogP contribution in [0.1, 0.15) is 33.6 Å². The van der Waals surface area contributed by atoms with Crippen LogP contribution in [0, 0.1) is 11.3 Å². The van der Waals surface area contributed by atoms with Crippen LogP contribution in [0.15, 0.2) is 11.6 Å². The monoisotopic (exact) mass is 237 g/mol. The van der Waals surface area contributed by atoms with Crippen LogP contribution in [-0.4, -0.2) is 41.5 Å². The van der Waals surface area contributed by atoms with Gasteiger partial charge in [0.25, 0.3) is 0 Å². The minimum Gasteiger partial charge on any atom is -0.392 e. The average Bonchev–Trinajstić information content (AvgIpc) is 2.65. The van der Waals surface area contributed by atoms with Crippen molar-refractivity contribution < 1.29 is 9.90 Å². The minimum absolute atomic E-state index is 0.0290. The summed E-state index contributed by atoms with van der Waals surface area (Å²) in [6, 6.07) is 0. The first-order valence-electron chi connectivity index (χ1n) is 6.33. The summed E-state index contributed by atoms with van der Waals surface area (Å²) in [5.41, 5.74) is 0.898. The Morgan fingerprint density at radius 3 is 2.47 bits per heavy atom. The van der Waals surface area contributed by atoms with E-state index in [1.807, 2.05) is 14.1 Å². The van der Waals surface area contributed by atoms with Crippen LogP contribution < -0.4 is 0 Å². The van der Waals surface area contributed by atoms with Crippen molar-refractivity contribution in [1.82, 2.24) is 4.90 Å². The number of likely N-dealkylation sites (N-methyl/N-ethyl adjacent to an activating group) is 1. The summed E-state index contributed by atoms with van der Waals surface area (Å²) >= 11 is 0. The van der Waals surface area contributed by atoms with Gasteiger partial charge in [0.1, 0.15) is 0 Å². The van der Waals surface area contributed by atoms with Crippen LogP contribution in [0.4, 0.5) is 0 Å². The van der Waals surface area contributed by atoms with Crippen molar-refractivity contribution in [1.29, 1.82) is 0 Å². The van der Waals surface area contributed by atoms with E-state index in [2.05, 4.69) is 25.7 Å². The van der Waals surface area contributed by atoms with Gasteiger partial charge < -0.3 is 5.11 Å². The highest BCUT2D eigenvalue weighted by Gasteiger charge is 2.59. The third-order valence-electron chi connectivity index (χ3n) is 4.39. The van der Waals surface area contributed by atoms with Crippen molar-refractivity contribution in [2.75, 3.05) is 14.1 Å². The van der Waals surface area contributed by atoms with Gasteiger partial charge in [0.2, 0.25) is 0 Å². The van der Waals surface area contributed by atoms with Crippen LogP contribution in [0.25, 0.3) is 0 Å². The molecule has 2 aliphatic carbocycles. The van der Waals surface area contributed by atoms with E-state index in [0.29, 0.717) is 0 Å². The number of fused-ring (bicyclic) bond motifs is 1. The smallest absolute Gasteiger partial charge is 0.163 e. The molecular weight excluding hydrogens is 214 g/mol. The van der Waals surface area contributed by atoms with E-state index in [0.717, 1.165) is 12.8 Å². The lowest BCUT2D eigenvalue weighted by Gasteiger charge is -2.44. The molecule has 1 fully saturated rings. The lowest BCUT2D eigenvalue weighted by Crippen LogP contribution is -2.52. The molecule has 0 aromatic carbocycles. The standard InChI is InChI=1S/C14H23NO2/c1-13(2,3)11-8-10(17)12-9(16)6-7-14(11,12)15(4)5/h8-9,12,16H,6-7H2,1-5H3/t9?,12?,14-/m1/s1. The average molecular weight is 237 g/mol. The van der Waals surface area contributed by atoms with E-state index in [1.54, 1.807) is 6.08 Å². The predicted octanol–water partition coefficient (Wildman–Crippen LogP) is 1.61. The van der Waals surface area contributed by atoms with Gasteiger partial charge in [-0.05, 0) is 44.0 Å². The van der Waals surface area contributed by atoms with Gasteiger partial charge in [-0.15, -0.1) is 0 Å². The van der Waals surface area contributed by atoms with E-state index in [4.69, 9.17) is 0 Å². The second-order valence-electron chi connectivity index (χ2n) is 6.61. The number of rotatable bonds is 1. The molecule has 0 aromatic rings. The highest BCUT2D eigenvalue weighted by molar-refractivity contribution is 5.98. The fourth-order valence-electron chi connectivity index (χ4n) is 3.70. The molecule has 1 saturated carbocycles. The fraction of sp³-hybridized carbons (Fsp3) is 0.786. The number of carbonyl (C=O) groups is 1. The Morgan fingerprint density at radius 1 is 1.41 bits per heavy atom. The van der Waals surface area contributed by atoms with Crippen molar-refractivity contribution in [3.8, 4) is 0 Å². The molecule has 2 aliphatic rings. The van der Waals surface area contributed by atoms with E-state index in [-0.39, 0.29) is 22.7 Å². The summed E-state index contributed by atoms with van der Waals surface area (Å²) in [5, 5.41) is 10.1. The topological polar surface area (TPSA) is 40.5 Å². The third-order valence-corrected chi connectivity index (χ3v) is 4.39. The van der Waals surface area contributed by atoms with Gasteiger partial charge in [0.05, 0.1) is 17.6 Å². The molecule has 0 aliphatic heterocycles. The van der Waals surface area contributed by atoms with Crippen molar-refractivity contribution in [2.45, 2.75) is 45.3 Å². The fourth-order valence-corrected chi connectivity index (χ4v) is 3.70. The number of hydrogen-bond acceptors (Lipinski definition) is 3. The van der Waals surface area contributed by atoms with Gasteiger partial charge in [0, 0.05) is 0 Å². The number of aliphatic hydroxyl groups is 1. The largest absolute Gasteiger partial charge is 0.392 e. The molecule has 17 heavy (non-hydrogen) atoms. The SMILES string of the molecule is CN(C)[C@@]12CCC(O)C1C(=O)C=C2C(C)(C)C. The molecule has 96 valence electrons. The molecule has 1 N–H and O–H groups in total. The van der Waals surface area contributed by atoms with Gasteiger partial charge in [-0.25, -0.2) is 0 Å². The minimum atomic E-state index is -0.485. The molecule has 2 rings (SSSR count). The Bertz CT molecular complexity index is 378. The summed E-state index contributed by atoms with van der Waals surface area (Å²) < 4.78 is 0. The first-order valence-corrected chi connectivity index (χ1v) is 6.33. The number of aliphatic hydroxyl groups excluding tert-OH is 1. The maximum absolute atomic E-state index is 12.2. The van der Waals surface area contributed by atoms with Crippen LogP contribution in [0.2, 0.25) is 0 Å². The van der Waals surface area contributed by atoms with Gasteiger partial charge in [-0.2, -0.15) is 0 Å². The molecule has 0 aromatic heterocycles. The normalized spacial score (nSPS) is 37.6. The highest BCUT2D eigenvalue weighted by atomic mass is 16.3. The summed E-state index contributed by atoms with van der Waals surface area (Å²) in [6.07, 6.45) is 2.90. The summed E-state index contributed by atoms with van der Waals surface area (Å²) in [5.74, 6) is -0.152. The van der Waals surface area contributed by atoms with E-state index >= 15 is 0 Å². The van der Waals surface area contributed by atoms with Crippen molar-refractivity contribution in [3.63, 3.8) is 0 Å². The van der Waals surface area contributed by atoms with Crippen molar-refractivity contribution >= 4 is 5.78 Å². The van der Waals surface area contributed by atoms with E-state index < -0.39 is 6.10 Å². The lowest BCUT2D eigenvalue weighted by molar-refractivity contribution is -0.122. The first kappa shape index (κ1) is 12.8. The lowest BCUT2D eigenvalue weighted by atomic mass is 9.72. The van der Waals surface area contributed by atoms with Gasteiger partial charge in [0.15, 0.2) is 5.78 Å². The van der Waals surface area contributed by atoms with Crippen LogP contribution in [-0.2, 0) is 4.79 Å². The number of ketones is 1. The Labute approximate surface area is 103 Å². The zero-order chi connectivity index (χ0) is 13.0. The molecule has 0 bridgehead atoms. The van der Waals surface area contributed by atoms with Gasteiger partial charge in [-0.1, -0.05) is 20.8 Å². The third kappa shape index (κ3) is 1.59. The van der Waals surface area contributed by atoms with E-state index in [1.165, 1.54) is 5.57 Å². The summed E-state index contributed by atoms with van der Waals surface area (Å²) in [6.45, 7) is 6.43. The van der Waals surface area contributed by atoms with Crippen molar-refractivity contribution in [3.05, 3.63) is 11.6 Å². The highest BCUT2D eigenvalue weighted by Crippen LogP contribution is 2.54. The Morgan fingerprint density at radius 2 is 2.00 bits per heavy atom. The Kier molecular flexibility index (Phi) is 2.75. The zero-order valence-electron chi connectivity index (χ0n) is 11.4. The quantitative estimate of drug-likeness (QED) is 0.753. The second-order valence-corrected chi connectivity index (χ2v) is 6.61. The number of nitrogens with zero attached hydrogens (tertiary/aromatic N) is 1. The summed E-state index contributed by atoms with van der Waals surface area (Å²) in [7, 11) is 4.03. The molecule has 2 unspecified atom stereocenters. The van der Waals surface area contributed by atoms with Crippen LogP contribution >= 0.6 is 0 Å². The second kappa shape index (κ2) is 3.66. The first-order chi connectivity index (χ1) is 7.71. The maximum atomic E-state index is 12.2.